The van der Waals surface area contributed by atoms with Crippen molar-refractivity contribution < 1.29 is 4.39 Å². The molecule has 0 saturated carbocycles. The predicted octanol–water partition coefficient (Wildman–Crippen LogP) is 4.82. The summed E-state index contributed by atoms with van der Waals surface area (Å²) in [6.45, 7) is 10.6. The summed E-state index contributed by atoms with van der Waals surface area (Å²) < 4.78 is 16.4. The first-order valence-electron chi connectivity index (χ1n) is 12.1. The van der Waals surface area contributed by atoms with Crippen molar-refractivity contribution in [3.05, 3.63) is 82.0 Å². The van der Waals surface area contributed by atoms with Crippen LogP contribution in [0.25, 0.3) is 28.0 Å². The maximum absolute atomic E-state index is 14.8. The van der Waals surface area contributed by atoms with Crippen LogP contribution in [0.5, 0.6) is 0 Å². The van der Waals surface area contributed by atoms with Gasteiger partial charge in [-0.25, -0.2) is 18.7 Å². The van der Waals surface area contributed by atoms with Gasteiger partial charge in [-0.1, -0.05) is 44.2 Å². The van der Waals surface area contributed by atoms with Crippen LogP contribution in [0.1, 0.15) is 37.8 Å². The van der Waals surface area contributed by atoms with Crippen molar-refractivity contribution in [3.63, 3.8) is 0 Å². The molecule has 5 rings (SSSR count). The van der Waals surface area contributed by atoms with E-state index in [1.807, 2.05) is 37.3 Å². The first-order chi connectivity index (χ1) is 16.9. The molecule has 0 amide bonds. The van der Waals surface area contributed by atoms with Gasteiger partial charge in [0.25, 0.3) is 0 Å². The molecular formula is C28H30FN5O. The van der Waals surface area contributed by atoms with Crippen LogP contribution < -0.4 is 15.9 Å². The van der Waals surface area contributed by atoms with E-state index in [0.29, 0.717) is 22.7 Å². The molecule has 0 radical (unpaired) electrons. The molecule has 0 aliphatic carbocycles. The molecule has 35 heavy (non-hydrogen) atoms. The molecule has 2 aromatic carbocycles. The predicted molar refractivity (Wildman–Crippen MR) is 139 cm³/mol. The number of aromatic nitrogens is 3. The highest BCUT2D eigenvalue weighted by Gasteiger charge is 2.26. The van der Waals surface area contributed by atoms with E-state index >= 15 is 0 Å². The number of piperazine rings is 1. The Morgan fingerprint density at radius 2 is 1.83 bits per heavy atom. The van der Waals surface area contributed by atoms with Gasteiger partial charge in [-0.15, -0.1) is 0 Å². The third-order valence-electron chi connectivity index (χ3n) is 6.74. The number of pyridine rings is 1. The van der Waals surface area contributed by atoms with E-state index in [1.165, 1.54) is 6.07 Å². The van der Waals surface area contributed by atoms with Crippen LogP contribution in [-0.4, -0.2) is 40.2 Å². The molecule has 7 heteroatoms. The topological polar surface area (TPSA) is 63.1 Å². The quantitative estimate of drug-likeness (QED) is 0.463. The molecule has 3 heterocycles. The molecule has 0 bridgehead atoms. The molecule has 1 saturated heterocycles. The summed E-state index contributed by atoms with van der Waals surface area (Å²) in [6, 6.07) is 16.6. The lowest BCUT2D eigenvalue weighted by Crippen LogP contribution is -2.50. The molecule has 1 atom stereocenters. The van der Waals surface area contributed by atoms with Gasteiger partial charge < -0.3 is 10.2 Å². The number of fused-ring (bicyclic) bond motifs is 1. The van der Waals surface area contributed by atoms with Crippen molar-refractivity contribution in [2.75, 3.05) is 24.5 Å². The van der Waals surface area contributed by atoms with Gasteiger partial charge in [0.1, 0.15) is 11.6 Å². The fourth-order valence-electron chi connectivity index (χ4n) is 4.93. The van der Waals surface area contributed by atoms with Gasteiger partial charge in [-0.3, -0.25) is 0 Å². The Balaban J connectivity index is 1.88. The normalized spacial score (nSPS) is 16.3. The molecule has 1 aliphatic rings. The van der Waals surface area contributed by atoms with Crippen LogP contribution in [0.3, 0.4) is 0 Å². The first-order valence-corrected chi connectivity index (χ1v) is 12.1. The SMILES string of the molecule is Cc1cc2c(N3CCNCC3C)nc(=O)n(-c3ccccc3C(C)C)c2nc1-c1ccccc1F. The van der Waals surface area contributed by atoms with E-state index in [-0.39, 0.29) is 23.5 Å². The Morgan fingerprint density at radius 3 is 2.57 bits per heavy atom. The third-order valence-corrected chi connectivity index (χ3v) is 6.74. The van der Waals surface area contributed by atoms with Gasteiger partial charge in [0, 0.05) is 31.2 Å². The number of aryl methyl sites for hydroxylation is 1. The summed E-state index contributed by atoms with van der Waals surface area (Å²) in [4.78, 5) is 25.4. The number of hydrogen-bond donors (Lipinski definition) is 1. The number of hydrogen-bond acceptors (Lipinski definition) is 5. The molecule has 1 unspecified atom stereocenters. The highest BCUT2D eigenvalue weighted by molar-refractivity contribution is 5.91. The molecule has 180 valence electrons. The average molecular weight is 472 g/mol. The molecule has 2 aromatic heterocycles. The van der Waals surface area contributed by atoms with Crippen LogP contribution in [0, 0.1) is 12.7 Å². The van der Waals surface area contributed by atoms with Gasteiger partial charge in [0.15, 0.2) is 5.65 Å². The number of nitrogens with one attached hydrogen (secondary N) is 1. The van der Waals surface area contributed by atoms with Crippen LogP contribution in [0.15, 0.2) is 59.4 Å². The second-order valence-electron chi connectivity index (χ2n) is 9.52. The van der Waals surface area contributed by atoms with E-state index in [0.717, 1.165) is 41.8 Å². The lowest BCUT2D eigenvalue weighted by Gasteiger charge is -2.35. The fourth-order valence-corrected chi connectivity index (χ4v) is 4.93. The van der Waals surface area contributed by atoms with Gasteiger partial charge >= 0.3 is 5.69 Å². The van der Waals surface area contributed by atoms with Gasteiger partial charge in [-0.05, 0) is 55.2 Å². The Morgan fingerprint density at radius 1 is 1.09 bits per heavy atom. The highest BCUT2D eigenvalue weighted by Crippen LogP contribution is 2.33. The maximum Gasteiger partial charge on any atom is 0.355 e. The summed E-state index contributed by atoms with van der Waals surface area (Å²) in [5, 5.41) is 4.18. The average Bonchev–Trinajstić information content (AvgIpc) is 2.84. The minimum atomic E-state index is -0.387. The molecule has 0 spiro atoms. The number of anilines is 1. The molecule has 4 aromatic rings. The van der Waals surface area contributed by atoms with E-state index in [1.54, 1.807) is 22.8 Å². The van der Waals surface area contributed by atoms with E-state index in [9.17, 15) is 9.18 Å². The number of para-hydroxylation sites is 1. The van der Waals surface area contributed by atoms with Crippen LogP contribution >= 0.6 is 0 Å². The fraction of sp³-hybridized carbons (Fsp3) is 0.321. The molecular weight excluding hydrogens is 441 g/mol. The Bertz CT molecular complexity index is 1460. The summed E-state index contributed by atoms with van der Waals surface area (Å²) in [5.74, 6) is 0.481. The van der Waals surface area contributed by atoms with E-state index < -0.39 is 0 Å². The van der Waals surface area contributed by atoms with Crippen LogP contribution in [0.2, 0.25) is 0 Å². The van der Waals surface area contributed by atoms with Gasteiger partial charge in [0.05, 0.1) is 16.8 Å². The molecule has 6 nitrogen and oxygen atoms in total. The van der Waals surface area contributed by atoms with Crippen molar-refractivity contribution in [3.8, 4) is 16.9 Å². The standard InChI is InChI=1S/C28H30FN5O/c1-17(2)20-9-6-8-12-24(20)34-27-22(26(32-28(34)35)33-14-13-30-16-19(33)4)15-18(3)25(31-27)21-10-5-7-11-23(21)29/h5-12,15,17,19,30H,13-14,16H2,1-4H3. The zero-order valence-corrected chi connectivity index (χ0v) is 20.5. The largest absolute Gasteiger partial charge is 0.355 e. The lowest BCUT2D eigenvalue weighted by atomic mass is 10.0. The lowest BCUT2D eigenvalue weighted by molar-refractivity contribution is 0.497. The first kappa shape index (κ1) is 23.2. The minimum absolute atomic E-state index is 0.171. The van der Waals surface area contributed by atoms with Crippen LogP contribution in [0.4, 0.5) is 10.2 Å². The molecule has 1 N–H and O–H groups in total. The zero-order valence-electron chi connectivity index (χ0n) is 20.5. The van der Waals surface area contributed by atoms with Gasteiger partial charge in [0.2, 0.25) is 0 Å². The summed E-state index contributed by atoms with van der Waals surface area (Å²) in [6.07, 6.45) is 0. The Kier molecular flexibility index (Phi) is 6.11. The second kappa shape index (κ2) is 9.23. The maximum atomic E-state index is 14.8. The van der Waals surface area contributed by atoms with E-state index in [2.05, 4.69) is 36.0 Å². The van der Waals surface area contributed by atoms with Crippen LogP contribution in [-0.2, 0) is 0 Å². The van der Waals surface area contributed by atoms with Crippen molar-refractivity contribution in [1.29, 1.82) is 0 Å². The van der Waals surface area contributed by atoms with Crippen molar-refractivity contribution in [1.82, 2.24) is 19.9 Å². The van der Waals surface area contributed by atoms with Crippen molar-refractivity contribution in [2.24, 2.45) is 0 Å². The smallest absolute Gasteiger partial charge is 0.351 e. The molecule has 1 fully saturated rings. The summed E-state index contributed by atoms with van der Waals surface area (Å²) in [7, 11) is 0. The van der Waals surface area contributed by atoms with E-state index in [4.69, 9.17) is 4.98 Å². The number of nitrogens with zero attached hydrogens (tertiary/aromatic N) is 4. The second-order valence-corrected chi connectivity index (χ2v) is 9.52. The number of benzene rings is 2. The zero-order chi connectivity index (χ0) is 24.7. The third kappa shape index (κ3) is 4.10. The summed E-state index contributed by atoms with van der Waals surface area (Å²) >= 11 is 0. The Labute approximate surface area is 204 Å². The van der Waals surface area contributed by atoms with Gasteiger partial charge in [-0.2, -0.15) is 4.98 Å². The number of halogens is 1. The summed E-state index contributed by atoms with van der Waals surface area (Å²) in [5.41, 5.74) is 3.64. The van der Waals surface area contributed by atoms with Crippen molar-refractivity contribution >= 4 is 16.9 Å². The molecule has 1 aliphatic heterocycles. The minimum Gasteiger partial charge on any atom is -0.351 e. The monoisotopic (exact) mass is 471 g/mol. The van der Waals surface area contributed by atoms with Crippen molar-refractivity contribution in [2.45, 2.75) is 39.7 Å². The highest BCUT2D eigenvalue weighted by atomic mass is 19.1. The number of rotatable bonds is 4. The Hall–Kier alpha value is -3.58.